The van der Waals surface area contributed by atoms with Gasteiger partial charge in [0, 0.05) is 12.2 Å². The van der Waals surface area contributed by atoms with Crippen LogP contribution in [0.3, 0.4) is 0 Å². The van der Waals surface area contributed by atoms with Crippen LogP contribution in [0.5, 0.6) is 5.75 Å². The van der Waals surface area contributed by atoms with Crippen molar-refractivity contribution in [3.05, 3.63) is 29.8 Å². The largest absolute Gasteiger partial charge is 0.491 e. The van der Waals surface area contributed by atoms with Crippen molar-refractivity contribution in [2.75, 3.05) is 26.4 Å². The molecule has 0 saturated carbocycles. The minimum atomic E-state index is -0.118. The third kappa shape index (κ3) is 4.83. The van der Waals surface area contributed by atoms with Crippen LogP contribution in [0, 0.1) is 11.8 Å². The minimum Gasteiger partial charge on any atom is -0.491 e. The van der Waals surface area contributed by atoms with Crippen LogP contribution < -0.4 is 4.74 Å². The van der Waals surface area contributed by atoms with E-state index < -0.39 is 0 Å². The molecule has 1 aromatic carbocycles. The summed E-state index contributed by atoms with van der Waals surface area (Å²) < 4.78 is 10.6. The predicted molar refractivity (Wildman–Crippen MR) is 62.4 cm³/mol. The molecule has 0 bridgehead atoms. The average molecular weight is 220 g/mol. The molecule has 0 saturated heterocycles. The van der Waals surface area contributed by atoms with Gasteiger partial charge in [-0.1, -0.05) is 11.8 Å². The Morgan fingerprint density at radius 1 is 1.19 bits per heavy atom. The Kier molecular flexibility index (Phi) is 6.09. The highest BCUT2D eigenvalue weighted by atomic mass is 16.5. The first-order valence-corrected chi connectivity index (χ1v) is 5.27. The van der Waals surface area contributed by atoms with E-state index in [1.165, 1.54) is 0 Å². The number of hydrogen-bond donors (Lipinski definition) is 1. The highest BCUT2D eigenvalue weighted by Gasteiger charge is 1.93. The number of benzene rings is 1. The van der Waals surface area contributed by atoms with Crippen molar-refractivity contribution in [2.45, 2.75) is 6.92 Å². The fourth-order valence-corrected chi connectivity index (χ4v) is 1.14. The minimum absolute atomic E-state index is 0.118. The summed E-state index contributed by atoms with van der Waals surface area (Å²) >= 11 is 0. The Morgan fingerprint density at radius 3 is 2.56 bits per heavy atom. The van der Waals surface area contributed by atoms with Gasteiger partial charge in [0.25, 0.3) is 0 Å². The fourth-order valence-electron chi connectivity index (χ4n) is 1.14. The van der Waals surface area contributed by atoms with Crippen LogP contribution in [0.4, 0.5) is 0 Å². The van der Waals surface area contributed by atoms with Gasteiger partial charge in [0.2, 0.25) is 0 Å². The second kappa shape index (κ2) is 7.75. The van der Waals surface area contributed by atoms with Crippen molar-refractivity contribution in [1.82, 2.24) is 0 Å². The zero-order chi connectivity index (χ0) is 11.6. The van der Waals surface area contributed by atoms with Crippen LogP contribution >= 0.6 is 0 Å². The van der Waals surface area contributed by atoms with Crippen molar-refractivity contribution in [1.29, 1.82) is 0 Å². The maximum atomic E-state index is 8.54. The van der Waals surface area contributed by atoms with Gasteiger partial charge >= 0.3 is 0 Å². The normalized spacial score (nSPS) is 9.38. The van der Waals surface area contributed by atoms with E-state index in [2.05, 4.69) is 11.8 Å². The molecular formula is C13H16O3. The number of hydrogen-bond acceptors (Lipinski definition) is 3. The number of ether oxygens (including phenoxy) is 2. The molecule has 0 aliphatic carbocycles. The molecule has 1 N–H and O–H groups in total. The van der Waals surface area contributed by atoms with Crippen LogP contribution in [0.25, 0.3) is 0 Å². The summed E-state index contributed by atoms with van der Waals surface area (Å²) in [6.07, 6.45) is 0. The highest BCUT2D eigenvalue weighted by Crippen LogP contribution is 2.11. The molecule has 0 radical (unpaired) electrons. The Hall–Kier alpha value is -1.50. The zero-order valence-electron chi connectivity index (χ0n) is 9.40. The number of aliphatic hydroxyl groups is 1. The fraction of sp³-hybridized carbons (Fsp3) is 0.385. The van der Waals surface area contributed by atoms with Crippen molar-refractivity contribution < 1.29 is 14.6 Å². The molecular weight excluding hydrogens is 204 g/mol. The first kappa shape index (κ1) is 12.6. The van der Waals surface area contributed by atoms with E-state index >= 15 is 0 Å². The summed E-state index contributed by atoms with van der Waals surface area (Å²) in [5, 5.41) is 8.54. The van der Waals surface area contributed by atoms with Gasteiger partial charge in [0.15, 0.2) is 0 Å². The Morgan fingerprint density at radius 2 is 1.94 bits per heavy atom. The standard InChI is InChI=1S/C13H16O3/c1-2-15-10-11-16-13-7-5-12(6-8-13)4-3-9-14/h5-8,14H,2,9-11H2,1H3. The van der Waals surface area contributed by atoms with E-state index in [0.29, 0.717) is 19.8 Å². The van der Waals surface area contributed by atoms with Crippen molar-refractivity contribution in [3.8, 4) is 17.6 Å². The first-order chi connectivity index (χ1) is 7.86. The summed E-state index contributed by atoms with van der Waals surface area (Å²) in [5.74, 6) is 6.21. The summed E-state index contributed by atoms with van der Waals surface area (Å²) in [5.41, 5.74) is 0.867. The van der Waals surface area contributed by atoms with Crippen LogP contribution in [0.15, 0.2) is 24.3 Å². The lowest BCUT2D eigenvalue weighted by Crippen LogP contribution is -2.06. The Bertz CT molecular complexity index is 346. The molecule has 0 aliphatic rings. The molecule has 0 fully saturated rings. The van der Waals surface area contributed by atoms with E-state index in [1.807, 2.05) is 31.2 Å². The molecule has 86 valence electrons. The molecule has 1 aromatic rings. The molecule has 0 aromatic heterocycles. The maximum absolute atomic E-state index is 8.54. The third-order valence-corrected chi connectivity index (χ3v) is 1.87. The van der Waals surface area contributed by atoms with Gasteiger partial charge in [0.1, 0.15) is 19.0 Å². The van der Waals surface area contributed by atoms with Gasteiger partial charge in [-0.2, -0.15) is 0 Å². The molecule has 16 heavy (non-hydrogen) atoms. The number of rotatable bonds is 5. The second-order valence-corrected chi connectivity index (χ2v) is 3.03. The first-order valence-electron chi connectivity index (χ1n) is 5.27. The van der Waals surface area contributed by atoms with E-state index in [9.17, 15) is 0 Å². The SMILES string of the molecule is CCOCCOc1ccc(C#CCO)cc1. The Balaban J connectivity index is 2.39. The summed E-state index contributed by atoms with van der Waals surface area (Å²) in [7, 11) is 0. The molecule has 0 amide bonds. The van der Waals surface area contributed by atoms with Gasteiger partial charge < -0.3 is 14.6 Å². The van der Waals surface area contributed by atoms with Gasteiger partial charge in [0.05, 0.1) is 6.61 Å². The van der Waals surface area contributed by atoms with Crippen molar-refractivity contribution in [3.63, 3.8) is 0 Å². The van der Waals surface area contributed by atoms with Gasteiger partial charge in [-0.3, -0.25) is 0 Å². The van der Waals surface area contributed by atoms with Crippen LogP contribution in [-0.2, 0) is 4.74 Å². The van der Waals surface area contributed by atoms with E-state index in [-0.39, 0.29) is 6.61 Å². The van der Waals surface area contributed by atoms with Crippen LogP contribution in [0.2, 0.25) is 0 Å². The smallest absolute Gasteiger partial charge is 0.119 e. The summed E-state index contributed by atoms with van der Waals surface area (Å²) in [6.45, 7) is 3.69. The second-order valence-electron chi connectivity index (χ2n) is 3.03. The van der Waals surface area contributed by atoms with E-state index in [0.717, 1.165) is 11.3 Å². The summed E-state index contributed by atoms with van der Waals surface area (Å²) in [4.78, 5) is 0. The van der Waals surface area contributed by atoms with Crippen LogP contribution in [-0.4, -0.2) is 31.5 Å². The van der Waals surface area contributed by atoms with E-state index in [4.69, 9.17) is 14.6 Å². The topological polar surface area (TPSA) is 38.7 Å². The van der Waals surface area contributed by atoms with Crippen molar-refractivity contribution >= 4 is 0 Å². The highest BCUT2D eigenvalue weighted by molar-refractivity contribution is 5.38. The lowest BCUT2D eigenvalue weighted by Gasteiger charge is -2.05. The maximum Gasteiger partial charge on any atom is 0.119 e. The average Bonchev–Trinajstić information content (AvgIpc) is 2.33. The number of aliphatic hydroxyl groups excluding tert-OH is 1. The molecule has 0 atom stereocenters. The lowest BCUT2D eigenvalue weighted by molar-refractivity contribution is 0.110. The third-order valence-electron chi connectivity index (χ3n) is 1.87. The van der Waals surface area contributed by atoms with E-state index in [1.54, 1.807) is 0 Å². The molecule has 1 rings (SSSR count). The molecule has 3 heteroatoms. The molecule has 0 spiro atoms. The van der Waals surface area contributed by atoms with Gasteiger partial charge in [-0.15, -0.1) is 0 Å². The molecule has 0 aliphatic heterocycles. The Labute approximate surface area is 96.0 Å². The van der Waals surface area contributed by atoms with Crippen LogP contribution in [0.1, 0.15) is 12.5 Å². The van der Waals surface area contributed by atoms with Gasteiger partial charge in [-0.25, -0.2) is 0 Å². The van der Waals surface area contributed by atoms with Gasteiger partial charge in [-0.05, 0) is 31.2 Å². The monoisotopic (exact) mass is 220 g/mol. The molecule has 0 unspecified atom stereocenters. The lowest BCUT2D eigenvalue weighted by atomic mass is 10.2. The quantitative estimate of drug-likeness (QED) is 0.603. The predicted octanol–water partition coefficient (Wildman–Crippen LogP) is 1.45. The zero-order valence-corrected chi connectivity index (χ0v) is 9.40. The van der Waals surface area contributed by atoms with Crippen molar-refractivity contribution in [2.24, 2.45) is 0 Å². The molecule has 0 heterocycles. The molecule has 3 nitrogen and oxygen atoms in total. The summed E-state index contributed by atoms with van der Waals surface area (Å²) in [6, 6.07) is 7.43.